The van der Waals surface area contributed by atoms with Crippen LogP contribution < -0.4 is 5.73 Å². The summed E-state index contributed by atoms with van der Waals surface area (Å²) in [6.07, 6.45) is 1.80. The Morgan fingerprint density at radius 2 is 1.78 bits per heavy atom. The molecule has 94 valence electrons. The number of hydrogen-bond donors (Lipinski definition) is 1. The van der Waals surface area contributed by atoms with Crippen LogP contribution in [0.15, 0.2) is 54.6 Å². The van der Waals surface area contributed by atoms with E-state index in [0.29, 0.717) is 12.5 Å². The van der Waals surface area contributed by atoms with E-state index in [1.54, 1.807) is 12.1 Å². The SMILES string of the molecule is NCC(CCc1cccc(F)c1)c1ccccc1. The van der Waals surface area contributed by atoms with E-state index in [4.69, 9.17) is 5.73 Å². The van der Waals surface area contributed by atoms with E-state index in [9.17, 15) is 4.39 Å². The molecule has 0 aliphatic carbocycles. The van der Waals surface area contributed by atoms with Crippen LogP contribution in [0.2, 0.25) is 0 Å². The summed E-state index contributed by atoms with van der Waals surface area (Å²) in [6, 6.07) is 17.0. The van der Waals surface area contributed by atoms with Gasteiger partial charge in [0.2, 0.25) is 0 Å². The summed E-state index contributed by atoms with van der Waals surface area (Å²) >= 11 is 0. The van der Waals surface area contributed by atoms with Crippen molar-refractivity contribution in [1.29, 1.82) is 0 Å². The molecule has 2 rings (SSSR count). The van der Waals surface area contributed by atoms with Crippen molar-refractivity contribution < 1.29 is 4.39 Å². The standard InChI is InChI=1S/C16H18FN/c17-16-8-4-5-13(11-16)9-10-15(12-18)14-6-2-1-3-7-14/h1-8,11,15H,9-10,12,18H2. The third-order valence-corrected chi connectivity index (χ3v) is 3.23. The molecule has 0 heterocycles. The zero-order valence-corrected chi connectivity index (χ0v) is 10.4. The van der Waals surface area contributed by atoms with Crippen LogP contribution in [0.3, 0.4) is 0 Å². The van der Waals surface area contributed by atoms with Crippen LogP contribution in [0.1, 0.15) is 23.5 Å². The monoisotopic (exact) mass is 243 g/mol. The third-order valence-electron chi connectivity index (χ3n) is 3.23. The van der Waals surface area contributed by atoms with Gasteiger partial charge in [0.05, 0.1) is 0 Å². The molecule has 2 N–H and O–H groups in total. The predicted octanol–water partition coefficient (Wildman–Crippen LogP) is 3.50. The van der Waals surface area contributed by atoms with E-state index >= 15 is 0 Å². The molecule has 2 aromatic rings. The molecule has 0 radical (unpaired) electrons. The molecule has 0 fully saturated rings. The fourth-order valence-corrected chi connectivity index (χ4v) is 2.18. The van der Waals surface area contributed by atoms with E-state index in [1.807, 2.05) is 24.3 Å². The number of nitrogens with two attached hydrogens (primary N) is 1. The maximum Gasteiger partial charge on any atom is 0.123 e. The number of aryl methyl sites for hydroxylation is 1. The lowest BCUT2D eigenvalue weighted by atomic mass is 9.92. The molecular formula is C16H18FN. The van der Waals surface area contributed by atoms with Crippen LogP contribution in [0, 0.1) is 5.82 Å². The number of hydrogen-bond acceptors (Lipinski definition) is 1. The van der Waals surface area contributed by atoms with Gasteiger partial charge in [-0.3, -0.25) is 0 Å². The van der Waals surface area contributed by atoms with Gasteiger partial charge in [-0.15, -0.1) is 0 Å². The van der Waals surface area contributed by atoms with Crippen molar-refractivity contribution in [2.24, 2.45) is 5.73 Å². The van der Waals surface area contributed by atoms with E-state index in [0.717, 1.165) is 18.4 Å². The highest BCUT2D eigenvalue weighted by Gasteiger charge is 2.09. The number of halogens is 1. The van der Waals surface area contributed by atoms with E-state index in [1.165, 1.54) is 11.6 Å². The summed E-state index contributed by atoms with van der Waals surface area (Å²) in [7, 11) is 0. The van der Waals surface area contributed by atoms with Crippen molar-refractivity contribution >= 4 is 0 Å². The molecule has 0 saturated carbocycles. The second kappa shape index (κ2) is 6.31. The van der Waals surface area contributed by atoms with Crippen molar-refractivity contribution in [2.75, 3.05) is 6.54 Å². The fourth-order valence-electron chi connectivity index (χ4n) is 2.18. The first-order valence-corrected chi connectivity index (χ1v) is 6.29. The van der Waals surface area contributed by atoms with Gasteiger partial charge < -0.3 is 5.73 Å². The molecule has 18 heavy (non-hydrogen) atoms. The van der Waals surface area contributed by atoms with Crippen LogP contribution in [0.25, 0.3) is 0 Å². The van der Waals surface area contributed by atoms with Gasteiger partial charge in [0.25, 0.3) is 0 Å². The van der Waals surface area contributed by atoms with E-state index in [-0.39, 0.29) is 5.82 Å². The third kappa shape index (κ3) is 3.41. The molecule has 2 heteroatoms. The second-order valence-electron chi connectivity index (χ2n) is 4.51. The first-order valence-electron chi connectivity index (χ1n) is 6.29. The molecule has 0 aromatic heterocycles. The average molecular weight is 243 g/mol. The van der Waals surface area contributed by atoms with Gasteiger partial charge in [-0.05, 0) is 48.6 Å². The molecule has 1 nitrogen and oxygen atoms in total. The van der Waals surface area contributed by atoms with E-state index in [2.05, 4.69) is 12.1 Å². The molecule has 1 atom stereocenters. The van der Waals surface area contributed by atoms with Gasteiger partial charge in [0, 0.05) is 0 Å². The average Bonchev–Trinajstić information content (AvgIpc) is 2.41. The van der Waals surface area contributed by atoms with Crippen molar-refractivity contribution in [3.63, 3.8) is 0 Å². The summed E-state index contributed by atoms with van der Waals surface area (Å²) in [5.74, 6) is 0.172. The molecule has 0 saturated heterocycles. The van der Waals surface area contributed by atoms with Crippen LogP contribution in [-0.4, -0.2) is 6.54 Å². The Hall–Kier alpha value is -1.67. The largest absolute Gasteiger partial charge is 0.330 e. The summed E-state index contributed by atoms with van der Waals surface area (Å²) in [5.41, 5.74) is 8.12. The van der Waals surface area contributed by atoms with Gasteiger partial charge in [0.15, 0.2) is 0 Å². The molecule has 0 aliphatic heterocycles. The highest BCUT2D eigenvalue weighted by atomic mass is 19.1. The smallest absolute Gasteiger partial charge is 0.123 e. The zero-order chi connectivity index (χ0) is 12.8. The molecule has 2 aromatic carbocycles. The Bertz CT molecular complexity index is 481. The molecule has 0 aliphatic rings. The molecule has 0 bridgehead atoms. The molecule has 0 amide bonds. The molecule has 0 spiro atoms. The van der Waals surface area contributed by atoms with Crippen LogP contribution >= 0.6 is 0 Å². The maximum atomic E-state index is 13.1. The summed E-state index contributed by atoms with van der Waals surface area (Å²) < 4.78 is 13.1. The maximum absolute atomic E-state index is 13.1. The highest BCUT2D eigenvalue weighted by molar-refractivity contribution is 5.21. The van der Waals surface area contributed by atoms with Gasteiger partial charge in [-0.25, -0.2) is 4.39 Å². The fraction of sp³-hybridized carbons (Fsp3) is 0.250. The first kappa shape index (κ1) is 12.8. The van der Waals surface area contributed by atoms with Crippen LogP contribution in [0.4, 0.5) is 4.39 Å². The Kier molecular flexibility index (Phi) is 4.48. The summed E-state index contributed by atoms with van der Waals surface area (Å²) in [5, 5.41) is 0. The highest BCUT2D eigenvalue weighted by Crippen LogP contribution is 2.20. The van der Waals surface area contributed by atoms with Crippen molar-refractivity contribution in [2.45, 2.75) is 18.8 Å². The van der Waals surface area contributed by atoms with Gasteiger partial charge in [-0.1, -0.05) is 42.5 Å². The lowest BCUT2D eigenvalue weighted by molar-refractivity contribution is 0.613. The topological polar surface area (TPSA) is 26.0 Å². The molecular weight excluding hydrogens is 225 g/mol. The second-order valence-corrected chi connectivity index (χ2v) is 4.51. The molecule has 1 unspecified atom stereocenters. The Morgan fingerprint density at radius 1 is 1.00 bits per heavy atom. The lowest BCUT2D eigenvalue weighted by Gasteiger charge is -2.15. The number of rotatable bonds is 5. The van der Waals surface area contributed by atoms with Crippen LogP contribution in [0.5, 0.6) is 0 Å². The summed E-state index contributed by atoms with van der Waals surface area (Å²) in [4.78, 5) is 0. The quantitative estimate of drug-likeness (QED) is 0.854. The normalized spacial score (nSPS) is 12.3. The zero-order valence-electron chi connectivity index (χ0n) is 10.4. The van der Waals surface area contributed by atoms with Crippen molar-refractivity contribution in [1.82, 2.24) is 0 Å². The van der Waals surface area contributed by atoms with Gasteiger partial charge in [0.1, 0.15) is 5.82 Å². The Morgan fingerprint density at radius 3 is 2.44 bits per heavy atom. The lowest BCUT2D eigenvalue weighted by Crippen LogP contribution is -2.13. The minimum absolute atomic E-state index is 0.170. The van der Waals surface area contributed by atoms with Crippen LogP contribution in [-0.2, 0) is 6.42 Å². The van der Waals surface area contributed by atoms with E-state index < -0.39 is 0 Å². The minimum atomic E-state index is -0.170. The Labute approximate surface area is 107 Å². The number of benzene rings is 2. The first-order chi connectivity index (χ1) is 8.79. The Balaban J connectivity index is 2.00. The van der Waals surface area contributed by atoms with Crippen molar-refractivity contribution in [3.05, 3.63) is 71.5 Å². The minimum Gasteiger partial charge on any atom is -0.330 e. The van der Waals surface area contributed by atoms with Gasteiger partial charge in [-0.2, -0.15) is 0 Å². The summed E-state index contributed by atoms with van der Waals surface area (Å²) in [6.45, 7) is 0.624. The van der Waals surface area contributed by atoms with Gasteiger partial charge >= 0.3 is 0 Å². The van der Waals surface area contributed by atoms with Crippen molar-refractivity contribution in [3.8, 4) is 0 Å². The predicted molar refractivity (Wildman–Crippen MR) is 73.0 cm³/mol.